The van der Waals surface area contributed by atoms with Crippen molar-refractivity contribution >= 4 is 28.7 Å². The van der Waals surface area contributed by atoms with Gasteiger partial charge in [0, 0.05) is 13.2 Å². The van der Waals surface area contributed by atoms with Gasteiger partial charge in [-0.05, 0) is 36.2 Å². The van der Waals surface area contributed by atoms with Crippen molar-refractivity contribution < 1.29 is 26.7 Å². The number of thioether (sulfide) groups is 1. The highest BCUT2D eigenvalue weighted by Crippen LogP contribution is 2.23. The maximum Gasteiger partial charge on any atom is 0.286 e. The van der Waals surface area contributed by atoms with Crippen LogP contribution in [0.5, 0.6) is 5.75 Å². The molecule has 0 aliphatic carbocycles. The summed E-state index contributed by atoms with van der Waals surface area (Å²) >= 11 is 1.05. The molecule has 0 radical (unpaired) electrons. The lowest BCUT2D eigenvalue weighted by Gasteiger charge is -2.18. The number of hydrogen-bond donors (Lipinski definition) is 1. The summed E-state index contributed by atoms with van der Waals surface area (Å²) in [6.45, 7) is 1.27. The number of halogens is 1. The van der Waals surface area contributed by atoms with Crippen LogP contribution in [0.2, 0.25) is 0 Å². The standard InChI is InChI=1S/C18H19N3O3S.ClH/c1-21(16-4-2-3-9-19-16)10-11-24-14-7-5-13(6-8-14)12-15-17(22)20-18(23)25-15;/h2-9,15H,10-12H2,1H3,(H,20,22,23);1H/p-1. The second kappa shape index (κ2) is 9.45. The lowest BCUT2D eigenvalue weighted by atomic mass is 10.1. The Bertz CT molecular complexity index is 743. The van der Waals surface area contributed by atoms with Crippen LogP contribution in [0.25, 0.3) is 0 Å². The molecule has 1 atom stereocenters. The zero-order chi connectivity index (χ0) is 17.6. The number of amides is 2. The monoisotopic (exact) mass is 392 g/mol. The number of nitrogens with zero attached hydrogens (tertiary/aromatic N) is 2. The van der Waals surface area contributed by atoms with Crippen LogP contribution in [0, 0.1) is 0 Å². The van der Waals surface area contributed by atoms with E-state index < -0.39 is 0 Å². The van der Waals surface area contributed by atoms with Gasteiger partial charge in [0.25, 0.3) is 5.24 Å². The Balaban J connectivity index is 0.00000243. The quantitative estimate of drug-likeness (QED) is 0.684. The van der Waals surface area contributed by atoms with E-state index in [9.17, 15) is 9.59 Å². The van der Waals surface area contributed by atoms with Gasteiger partial charge in [-0.3, -0.25) is 14.9 Å². The first-order valence-corrected chi connectivity index (χ1v) is 8.85. The third-order valence-electron chi connectivity index (χ3n) is 3.85. The van der Waals surface area contributed by atoms with E-state index in [0.29, 0.717) is 13.0 Å². The van der Waals surface area contributed by atoms with Gasteiger partial charge >= 0.3 is 0 Å². The second-order valence-electron chi connectivity index (χ2n) is 5.69. The van der Waals surface area contributed by atoms with E-state index in [4.69, 9.17) is 4.74 Å². The summed E-state index contributed by atoms with van der Waals surface area (Å²) in [5.41, 5.74) is 1.00. The average molecular weight is 393 g/mol. The molecule has 0 saturated carbocycles. The van der Waals surface area contributed by atoms with E-state index in [2.05, 4.69) is 10.3 Å². The van der Waals surface area contributed by atoms with Gasteiger partial charge in [0.05, 0.1) is 11.8 Å². The number of imide groups is 1. The Kier molecular flexibility index (Phi) is 7.29. The lowest BCUT2D eigenvalue weighted by molar-refractivity contribution is -0.118. The van der Waals surface area contributed by atoms with E-state index in [1.165, 1.54) is 0 Å². The molecule has 1 fully saturated rings. The largest absolute Gasteiger partial charge is 1.00 e. The summed E-state index contributed by atoms with van der Waals surface area (Å²) < 4.78 is 5.75. The first kappa shape index (κ1) is 20.1. The number of nitrogens with one attached hydrogen (secondary N) is 1. The summed E-state index contributed by atoms with van der Waals surface area (Å²) in [4.78, 5) is 29.1. The number of ether oxygens (including phenoxy) is 1. The molecule has 138 valence electrons. The van der Waals surface area contributed by atoms with Crippen LogP contribution < -0.4 is 27.4 Å². The van der Waals surface area contributed by atoms with Crippen molar-refractivity contribution in [2.45, 2.75) is 11.7 Å². The smallest absolute Gasteiger partial charge is 0.286 e. The minimum absolute atomic E-state index is 0. The molecule has 6 nitrogen and oxygen atoms in total. The molecule has 0 bridgehead atoms. The fraction of sp³-hybridized carbons (Fsp3) is 0.278. The van der Waals surface area contributed by atoms with Gasteiger partial charge in [0.15, 0.2) is 0 Å². The summed E-state index contributed by atoms with van der Waals surface area (Å²) in [6.07, 6.45) is 2.30. The molecule has 2 aromatic rings. The molecule has 26 heavy (non-hydrogen) atoms. The second-order valence-corrected chi connectivity index (χ2v) is 6.86. The van der Waals surface area contributed by atoms with Crippen LogP contribution in [-0.2, 0) is 11.2 Å². The molecule has 1 N–H and O–H groups in total. The molecule has 2 amide bonds. The third-order valence-corrected chi connectivity index (χ3v) is 4.83. The number of carbonyl (C=O) groups is 2. The minimum Gasteiger partial charge on any atom is -1.00 e. The van der Waals surface area contributed by atoms with Gasteiger partial charge in [-0.2, -0.15) is 0 Å². The summed E-state index contributed by atoms with van der Waals surface area (Å²) in [5.74, 6) is 1.47. The van der Waals surface area contributed by atoms with Crippen molar-refractivity contribution in [3.63, 3.8) is 0 Å². The predicted octanol–water partition coefficient (Wildman–Crippen LogP) is -0.505. The molecule has 1 saturated heterocycles. The van der Waals surface area contributed by atoms with E-state index >= 15 is 0 Å². The number of likely N-dealkylation sites (N-methyl/N-ethyl adjacent to an activating group) is 1. The molecule has 1 aliphatic heterocycles. The molecule has 2 heterocycles. The average Bonchev–Trinajstić information content (AvgIpc) is 2.94. The Morgan fingerprint density at radius 1 is 1.19 bits per heavy atom. The lowest BCUT2D eigenvalue weighted by Crippen LogP contribution is -3.00. The number of benzene rings is 1. The molecule has 8 heteroatoms. The molecule has 1 unspecified atom stereocenters. The molecular formula is C18H19ClN3O3S-. The molecule has 1 aromatic carbocycles. The fourth-order valence-electron chi connectivity index (χ4n) is 2.46. The molecule has 1 aliphatic rings. The van der Waals surface area contributed by atoms with E-state index in [1.807, 2.05) is 54.4 Å². The molecule has 1 aromatic heterocycles. The zero-order valence-corrected chi connectivity index (χ0v) is 15.8. The van der Waals surface area contributed by atoms with Gasteiger partial charge in [0.2, 0.25) is 5.91 Å². The first-order chi connectivity index (χ1) is 12.1. The number of hydrogen-bond acceptors (Lipinski definition) is 6. The van der Waals surface area contributed by atoms with Gasteiger partial charge in [-0.1, -0.05) is 30.0 Å². The highest BCUT2D eigenvalue weighted by atomic mass is 35.5. The van der Waals surface area contributed by atoms with Crippen LogP contribution in [0.1, 0.15) is 5.56 Å². The number of carbonyl (C=O) groups excluding carboxylic acids is 2. The SMILES string of the molecule is CN(CCOc1ccc(CC2SC(=O)NC2=O)cc1)c1ccccn1.[Cl-]. The van der Waals surface area contributed by atoms with Crippen molar-refractivity contribution in [2.24, 2.45) is 0 Å². The number of aromatic nitrogens is 1. The van der Waals surface area contributed by atoms with Crippen LogP contribution in [0.3, 0.4) is 0 Å². The van der Waals surface area contributed by atoms with Crippen LogP contribution >= 0.6 is 11.8 Å². The van der Waals surface area contributed by atoms with Crippen molar-refractivity contribution in [1.82, 2.24) is 10.3 Å². The van der Waals surface area contributed by atoms with Crippen molar-refractivity contribution in [3.8, 4) is 5.75 Å². The maximum absolute atomic E-state index is 11.6. The molecule has 0 spiro atoms. The van der Waals surface area contributed by atoms with Crippen molar-refractivity contribution in [1.29, 1.82) is 0 Å². The van der Waals surface area contributed by atoms with Gasteiger partial charge < -0.3 is 22.0 Å². The normalized spacial score (nSPS) is 16.0. The van der Waals surface area contributed by atoms with E-state index in [0.717, 1.165) is 35.4 Å². The Hall–Kier alpha value is -2.25. The Morgan fingerprint density at radius 2 is 1.96 bits per heavy atom. The summed E-state index contributed by atoms with van der Waals surface area (Å²) in [5, 5.41) is 1.69. The molecule has 3 rings (SSSR count). The van der Waals surface area contributed by atoms with Crippen LogP contribution in [0.15, 0.2) is 48.7 Å². The third kappa shape index (κ3) is 5.37. The van der Waals surface area contributed by atoms with Crippen LogP contribution in [-0.4, -0.2) is 41.6 Å². The minimum atomic E-state index is -0.341. The van der Waals surface area contributed by atoms with Gasteiger partial charge in [0.1, 0.15) is 18.2 Å². The number of anilines is 1. The Morgan fingerprint density at radius 3 is 2.58 bits per heavy atom. The highest BCUT2D eigenvalue weighted by molar-refractivity contribution is 8.15. The number of pyridine rings is 1. The topological polar surface area (TPSA) is 71.5 Å². The van der Waals surface area contributed by atoms with Crippen molar-refractivity contribution in [2.75, 3.05) is 25.1 Å². The zero-order valence-electron chi connectivity index (χ0n) is 14.2. The van der Waals surface area contributed by atoms with Gasteiger partial charge in [-0.25, -0.2) is 4.98 Å². The maximum atomic E-state index is 11.6. The Labute approximate surface area is 162 Å². The van der Waals surface area contributed by atoms with E-state index in [1.54, 1.807) is 6.20 Å². The van der Waals surface area contributed by atoms with Crippen LogP contribution in [0.4, 0.5) is 10.6 Å². The summed E-state index contributed by atoms with van der Waals surface area (Å²) in [6, 6.07) is 13.4. The van der Waals surface area contributed by atoms with E-state index in [-0.39, 0.29) is 28.8 Å². The predicted molar refractivity (Wildman–Crippen MR) is 98.1 cm³/mol. The molecular weight excluding hydrogens is 374 g/mol. The summed E-state index contributed by atoms with van der Waals surface area (Å²) in [7, 11) is 1.97. The van der Waals surface area contributed by atoms with Crippen molar-refractivity contribution in [3.05, 3.63) is 54.2 Å². The number of rotatable bonds is 7. The highest BCUT2D eigenvalue weighted by Gasteiger charge is 2.31. The van der Waals surface area contributed by atoms with Gasteiger partial charge in [-0.15, -0.1) is 0 Å². The fourth-order valence-corrected chi connectivity index (χ4v) is 3.32. The first-order valence-electron chi connectivity index (χ1n) is 7.97.